The fourth-order valence-electron chi connectivity index (χ4n) is 4.65. The molecule has 0 saturated heterocycles. The third kappa shape index (κ3) is 6.56. The maximum absolute atomic E-state index is 15.9. The highest BCUT2D eigenvalue weighted by Gasteiger charge is 2.30. The lowest BCUT2D eigenvalue weighted by Gasteiger charge is -2.33. The predicted octanol–water partition coefficient (Wildman–Crippen LogP) is 4.68. The molecule has 3 aromatic rings. The molecule has 3 rings (SSSR count). The van der Waals surface area contributed by atoms with Crippen molar-refractivity contribution in [1.82, 2.24) is 20.2 Å². The third-order valence-corrected chi connectivity index (χ3v) is 6.62. The number of hydrogen-bond donors (Lipinski definition) is 2. The molecule has 0 spiro atoms. The predicted molar refractivity (Wildman–Crippen MR) is 155 cm³/mol. The Morgan fingerprint density at radius 3 is 2.61 bits per heavy atom. The summed E-state index contributed by atoms with van der Waals surface area (Å²) in [7, 11) is 1.52. The zero-order valence-electron chi connectivity index (χ0n) is 23.6. The molecule has 41 heavy (non-hydrogen) atoms. The van der Waals surface area contributed by atoms with Gasteiger partial charge in [0.25, 0.3) is 0 Å². The average molecular weight is 565 g/mol. The van der Waals surface area contributed by atoms with E-state index in [1.807, 2.05) is 18.7 Å². The number of aryl methyl sites for hydroxylation is 2. The van der Waals surface area contributed by atoms with Crippen molar-refractivity contribution in [2.24, 2.45) is 4.99 Å². The summed E-state index contributed by atoms with van der Waals surface area (Å²) in [4.78, 5) is 40.3. The van der Waals surface area contributed by atoms with Crippen molar-refractivity contribution in [1.29, 1.82) is 0 Å². The van der Waals surface area contributed by atoms with Crippen LogP contribution >= 0.6 is 0 Å². The van der Waals surface area contributed by atoms with Crippen LogP contribution in [-0.2, 0) is 16.0 Å². The van der Waals surface area contributed by atoms with Crippen molar-refractivity contribution in [3.8, 4) is 17.0 Å². The Morgan fingerprint density at radius 1 is 1.24 bits per heavy atom. The topological polar surface area (TPSA) is 111 Å². The third-order valence-electron chi connectivity index (χ3n) is 6.62. The fraction of sp³-hybridized carbons (Fsp3) is 0.300. The van der Waals surface area contributed by atoms with Crippen LogP contribution in [0.3, 0.4) is 0 Å². The van der Waals surface area contributed by atoms with Crippen LogP contribution in [0.5, 0.6) is 5.75 Å². The Labute approximate surface area is 238 Å². The second-order valence-corrected chi connectivity index (χ2v) is 9.27. The number of aromatic nitrogens is 2. The van der Waals surface area contributed by atoms with E-state index in [0.717, 1.165) is 12.1 Å². The summed E-state index contributed by atoms with van der Waals surface area (Å²) in [5.41, 5.74) is 0.964. The number of nitrogens with one attached hydrogen (secondary N) is 1. The van der Waals surface area contributed by atoms with Crippen LogP contribution in [0.15, 0.2) is 54.2 Å². The number of phenols is 1. The molecule has 1 atom stereocenters. The molecule has 9 nitrogen and oxygen atoms in total. The summed E-state index contributed by atoms with van der Waals surface area (Å²) in [6.45, 7) is 9.99. The Kier molecular flexibility index (Phi) is 10.6. The summed E-state index contributed by atoms with van der Waals surface area (Å²) >= 11 is 0. The summed E-state index contributed by atoms with van der Waals surface area (Å²) < 4.78 is 30.8. The monoisotopic (exact) mass is 564 g/mol. The van der Waals surface area contributed by atoms with Crippen molar-refractivity contribution < 1.29 is 23.5 Å². The molecule has 0 bridgehead atoms. The first-order valence-corrected chi connectivity index (χ1v) is 13.1. The molecule has 2 amide bonds. The first-order valence-electron chi connectivity index (χ1n) is 13.1. The number of amidine groups is 1. The van der Waals surface area contributed by atoms with Gasteiger partial charge in [0.05, 0.1) is 22.5 Å². The molecule has 1 unspecified atom stereocenters. The highest BCUT2D eigenvalue weighted by molar-refractivity contribution is 6.06. The highest BCUT2D eigenvalue weighted by atomic mass is 19.1. The normalized spacial score (nSPS) is 12.0. The summed E-state index contributed by atoms with van der Waals surface area (Å²) in [6.07, 6.45) is 5.48. The standard InChI is InChI=1S/C30H34F2N6O3/c1-6-8-14-37(20(4)16-34-17-39)29(33-5)21-15-23(32)27(26-22(31)10-9-11-25(26)41)36-30(21)38(18-40)28-19(3)12-13-35-24(28)7-2/h6,9-13,15,17-18,20,41H,1,7-8,14,16H2,2-5H3,(H,34,39)/b33-29+. The molecule has 2 heterocycles. The number of hydrogen-bond acceptors (Lipinski definition) is 6. The van der Waals surface area contributed by atoms with Gasteiger partial charge in [-0.2, -0.15) is 0 Å². The zero-order chi connectivity index (χ0) is 30.1. The Bertz CT molecular complexity index is 1430. The van der Waals surface area contributed by atoms with E-state index in [1.54, 1.807) is 25.3 Å². The van der Waals surface area contributed by atoms with E-state index in [0.29, 0.717) is 49.2 Å². The minimum Gasteiger partial charge on any atom is -0.507 e. The Hall–Kier alpha value is -4.67. The quantitative estimate of drug-likeness (QED) is 0.135. The maximum Gasteiger partial charge on any atom is 0.219 e. The number of aliphatic imine (C=N–C) groups is 1. The Balaban J connectivity index is 2.40. The molecule has 11 heteroatoms. The van der Waals surface area contributed by atoms with Gasteiger partial charge in [-0.25, -0.2) is 13.8 Å². The molecule has 0 aliphatic heterocycles. The molecular weight excluding hydrogens is 530 g/mol. The van der Waals surface area contributed by atoms with Gasteiger partial charge in [0.1, 0.15) is 23.1 Å². The van der Waals surface area contributed by atoms with E-state index in [-0.39, 0.29) is 29.8 Å². The highest BCUT2D eigenvalue weighted by Crippen LogP contribution is 2.38. The number of aromatic hydroxyl groups is 1. The van der Waals surface area contributed by atoms with Crippen LogP contribution in [0, 0.1) is 18.6 Å². The number of rotatable bonds is 13. The van der Waals surface area contributed by atoms with Crippen LogP contribution in [0.25, 0.3) is 11.3 Å². The van der Waals surface area contributed by atoms with Crippen molar-refractivity contribution in [3.63, 3.8) is 0 Å². The summed E-state index contributed by atoms with van der Waals surface area (Å²) in [5.74, 6) is -2.08. The molecule has 0 fully saturated rings. The van der Waals surface area contributed by atoms with Crippen LogP contribution in [0.2, 0.25) is 0 Å². The van der Waals surface area contributed by atoms with Crippen LogP contribution < -0.4 is 10.2 Å². The summed E-state index contributed by atoms with van der Waals surface area (Å²) in [5, 5.41) is 13.1. The van der Waals surface area contributed by atoms with Gasteiger partial charge in [-0.3, -0.25) is 24.5 Å². The number of amides is 2. The van der Waals surface area contributed by atoms with Gasteiger partial charge in [0.15, 0.2) is 11.6 Å². The number of benzene rings is 1. The van der Waals surface area contributed by atoms with Gasteiger partial charge in [-0.1, -0.05) is 19.1 Å². The second kappa shape index (κ2) is 14.1. The molecular formula is C30H34F2N6O3. The molecule has 0 aliphatic carbocycles. The lowest BCUT2D eigenvalue weighted by Crippen LogP contribution is -2.45. The number of anilines is 2. The second-order valence-electron chi connectivity index (χ2n) is 9.27. The first-order chi connectivity index (χ1) is 19.7. The SMILES string of the molecule is C=CCCN(/C(=N/C)c1cc(F)c(-c2c(O)cccc2F)nc1N(C=O)c1c(C)ccnc1CC)C(C)CNC=O. The van der Waals surface area contributed by atoms with E-state index in [4.69, 9.17) is 0 Å². The fourth-order valence-corrected chi connectivity index (χ4v) is 4.65. The lowest BCUT2D eigenvalue weighted by atomic mass is 10.0. The number of pyridine rings is 2. The van der Waals surface area contributed by atoms with Gasteiger partial charge in [-0.05, 0) is 56.5 Å². The Morgan fingerprint density at radius 2 is 2.00 bits per heavy atom. The van der Waals surface area contributed by atoms with Crippen LogP contribution in [0.1, 0.15) is 37.1 Å². The van der Waals surface area contributed by atoms with Crippen molar-refractivity contribution in [3.05, 3.63) is 77.6 Å². The number of nitrogens with zero attached hydrogens (tertiary/aromatic N) is 5. The number of carbonyl (C=O) groups excluding carboxylic acids is 2. The minimum absolute atomic E-state index is 0.0374. The van der Waals surface area contributed by atoms with Crippen molar-refractivity contribution in [2.45, 2.75) is 39.7 Å². The largest absolute Gasteiger partial charge is 0.507 e. The van der Waals surface area contributed by atoms with Crippen LogP contribution in [0.4, 0.5) is 20.3 Å². The van der Waals surface area contributed by atoms with E-state index in [9.17, 15) is 19.1 Å². The molecule has 0 saturated carbocycles. The van der Waals surface area contributed by atoms with Gasteiger partial charge in [-0.15, -0.1) is 6.58 Å². The van der Waals surface area contributed by atoms with Crippen molar-refractivity contribution >= 4 is 30.2 Å². The molecule has 0 aliphatic rings. The zero-order valence-corrected chi connectivity index (χ0v) is 23.6. The van der Waals surface area contributed by atoms with E-state index < -0.39 is 28.6 Å². The number of halogens is 2. The molecule has 0 radical (unpaired) electrons. The minimum atomic E-state index is -0.933. The first kappa shape index (κ1) is 30.9. The molecule has 1 aromatic carbocycles. The van der Waals surface area contributed by atoms with Gasteiger partial charge >= 0.3 is 0 Å². The van der Waals surface area contributed by atoms with Gasteiger partial charge < -0.3 is 15.3 Å². The molecule has 2 aromatic heterocycles. The van der Waals surface area contributed by atoms with E-state index >= 15 is 4.39 Å². The lowest BCUT2D eigenvalue weighted by molar-refractivity contribution is -0.109. The average Bonchev–Trinajstić information content (AvgIpc) is 2.96. The van der Waals surface area contributed by atoms with E-state index in [2.05, 4.69) is 26.9 Å². The number of phenolic OH excluding ortho intramolecular Hbond substituents is 1. The van der Waals surface area contributed by atoms with Gasteiger partial charge in [0, 0.05) is 32.4 Å². The maximum atomic E-state index is 15.9. The molecule has 216 valence electrons. The molecule has 2 N–H and O–H groups in total. The van der Waals surface area contributed by atoms with Gasteiger partial charge in [0.2, 0.25) is 12.8 Å². The number of carbonyl (C=O) groups is 2. The smallest absolute Gasteiger partial charge is 0.219 e. The summed E-state index contributed by atoms with van der Waals surface area (Å²) in [6, 6.07) is 6.15. The van der Waals surface area contributed by atoms with E-state index in [1.165, 1.54) is 24.1 Å². The van der Waals surface area contributed by atoms with Crippen molar-refractivity contribution in [2.75, 3.05) is 25.0 Å². The van der Waals surface area contributed by atoms with Crippen LogP contribution in [-0.4, -0.2) is 64.8 Å².